The fraction of sp³-hybridized carbons (Fsp3) is 0.375. The average Bonchev–Trinajstić information content (AvgIpc) is 2.60. The number of halogens is 3. The molecule has 5 nitrogen and oxygen atoms in total. The van der Waals surface area contributed by atoms with Crippen LogP contribution in [0.25, 0.3) is 5.78 Å². The highest BCUT2D eigenvalue weighted by molar-refractivity contribution is 5.28. The normalized spacial score (nSPS) is 12.2. The molecule has 0 fully saturated rings. The van der Waals surface area contributed by atoms with E-state index in [1.54, 1.807) is 7.05 Å². The van der Waals surface area contributed by atoms with Crippen LogP contribution >= 0.6 is 0 Å². The second-order valence-corrected chi connectivity index (χ2v) is 3.17. The van der Waals surface area contributed by atoms with Crippen molar-refractivity contribution >= 4 is 5.78 Å². The molecular formula is C8H8F3N5. The second kappa shape index (κ2) is 3.71. The summed E-state index contributed by atoms with van der Waals surface area (Å²) in [5, 5.41) is 6.18. The predicted octanol–water partition coefficient (Wildman–Crippen LogP) is 0.863. The minimum atomic E-state index is -4.54. The van der Waals surface area contributed by atoms with Crippen LogP contribution < -0.4 is 5.32 Å². The van der Waals surface area contributed by atoms with Crippen LogP contribution in [0.2, 0.25) is 0 Å². The number of hydrogen-bond acceptors (Lipinski definition) is 4. The number of aromatic nitrogens is 4. The average molecular weight is 231 g/mol. The Morgan fingerprint density at radius 2 is 2.19 bits per heavy atom. The van der Waals surface area contributed by atoms with Crippen molar-refractivity contribution in [2.75, 3.05) is 7.05 Å². The van der Waals surface area contributed by atoms with Crippen molar-refractivity contribution in [1.82, 2.24) is 24.9 Å². The van der Waals surface area contributed by atoms with E-state index in [0.29, 0.717) is 6.54 Å². The lowest BCUT2D eigenvalue weighted by Gasteiger charge is -1.98. The molecule has 2 heterocycles. The molecule has 2 aromatic heterocycles. The Balaban J connectivity index is 2.46. The highest BCUT2D eigenvalue weighted by Gasteiger charge is 2.36. The molecule has 0 bridgehead atoms. The lowest BCUT2D eigenvalue weighted by molar-refractivity contribution is -0.144. The van der Waals surface area contributed by atoms with Gasteiger partial charge in [0.25, 0.3) is 11.6 Å². The van der Waals surface area contributed by atoms with Crippen molar-refractivity contribution in [3.63, 3.8) is 0 Å². The SMILES string of the molecule is CNCc1cnc2nc(C(F)(F)F)nn2c1. The van der Waals surface area contributed by atoms with Gasteiger partial charge in [0.2, 0.25) is 0 Å². The van der Waals surface area contributed by atoms with E-state index in [2.05, 4.69) is 20.4 Å². The molecule has 2 rings (SSSR count). The summed E-state index contributed by atoms with van der Waals surface area (Å²) < 4.78 is 37.9. The molecule has 0 aromatic carbocycles. The Hall–Kier alpha value is -1.70. The van der Waals surface area contributed by atoms with Gasteiger partial charge >= 0.3 is 6.18 Å². The van der Waals surface area contributed by atoms with Gasteiger partial charge in [0.1, 0.15) is 0 Å². The van der Waals surface area contributed by atoms with E-state index in [-0.39, 0.29) is 5.78 Å². The second-order valence-electron chi connectivity index (χ2n) is 3.17. The number of nitrogens with zero attached hydrogens (tertiary/aromatic N) is 4. The van der Waals surface area contributed by atoms with E-state index >= 15 is 0 Å². The maximum Gasteiger partial charge on any atom is 0.453 e. The van der Waals surface area contributed by atoms with Gasteiger partial charge in [-0.2, -0.15) is 18.2 Å². The molecule has 0 atom stereocenters. The third kappa shape index (κ3) is 1.96. The van der Waals surface area contributed by atoms with Crippen LogP contribution in [0.1, 0.15) is 11.4 Å². The monoisotopic (exact) mass is 231 g/mol. The summed E-state index contributed by atoms with van der Waals surface area (Å²) in [5.74, 6) is -1.24. The van der Waals surface area contributed by atoms with E-state index in [1.165, 1.54) is 12.4 Å². The molecule has 2 aromatic rings. The molecule has 1 N–H and O–H groups in total. The highest BCUT2D eigenvalue weighted by atomic mass is 19.4. The zero-order chi connectivity index (χ0) is 11.8. The minimum Gasteiger partial charge on any atom is -0.316 e. The summed E-state index contributed by atoms with van der Waals surface area (Å²) in [6.07, 6.45) is -1.63. The fourth-order valence-corrected chi connectivity index (χ4v) is 1.24. The van der Waals surface area contributed by atoms with Gasteiger partial charge in [0, 0.05) is 24.5 Å². The maximum absolute atomic E-state index is 12.3. The van der Waals surface area contributed by atoms with Crippen LogP contribution in [0.5, 0.6) is 0 Å². The summed E-state index contributed by atoms with van der Waals surface area (Å²) in [6, 6.07) is 0. The van der Waals surface area contributed by atoms with Crippen LogP contribution in [0.4, 0.5) is 13.2 Å². The van der Waals surface area contributed by atoms with Gasteiger partial charge in [-0.05, 0) is 7.05 Å². The number of hydrogen-bond donors (Lipinski definition) is 1. The maximum atomic E-state index is 12.3. The molecular weight excluding hydrogens is 223 g/mol. The molecule has 0 radical (unpaired) electrons. The Labute approximate surface area is 88.3 Å². The molecule has 0 unspecified atom stereocenters. The Kier molecular flexibility index (Phi) is 2.50. The summed E-state index contributed by atoms with van der Waals surface area (Å²) in [7, 11) is 1.73. The van der Waals surface area contributed by atoms with Gasteiger partial charge in [-0.3, -0.25) is 0 Å². The van der Waals surface area contributed by atoms with Crippen molar-refractivity contribution in [2.24, 2.45) is 0 Å². The molecule has 0 spiro atoms. The first-order valence-corrected chi connectivity index (χ1v) is 4.44. The lowest BCUT2D eigenvalue weighted by Crippen LogP contribution is -2.08. The van der Waals surface area contributed by atoms with Crippen LogP contribution in [-0.2, 0) is 12.7 Å². The molecule has 16 heavy (non-hydrogen) atoms. The fourth-order valence-electron chi connectivity index (χ4n) is 1.24. The van der Waals surface area contributed by atoms with Crippen molar-refractivity contribution < 1.29 is 13.2 Å². The Bertz CT molecular complexity index is 504. The summed E-state index contributed by atoms with van der Waals surface area (Å²) in [6.45, 7) is 0.504. The van der Waals surface area contributed by atoms with E-state index in [4.69, 9.17) is 0 Å². The van der Waals surface area contributed by atoms with Gasteiger partial charge in [-0.1, -0.05) is 0 Å². The largest absolute Gasteiger partial charge is 0.453 e. The predicted molar refractivity (Wildman–Crippen MR) is 48.5 cm³/mol. The number of alkyl halides is 3. The van der Waals surface area contributed by atoms with Crippen molar-refractivity contribution in [1.29, 1.82) is 0 Å². The molecule has 0 saturated heterocycles. The lowest BCUT2D eigenvalue weighted by atomic mass is 10.3. The third-order valence-electron chi connectivity index (χ3n) is 1.88. The molecule has 0 aliphatic carbocycles. The Morgan fingerprint density at radius 1 is 1.44 bits per heavy atom. The molecule has 86 valence electrons. The number of nitrogens with one attached hydrogen (secondary N) is 1. The van der Waals surface area contributed by atoms with Crippen LogP contribution in [0.3, 0.4) is 0 Å². The minimum absolute atomic E-state index is 0.0628. The van der Waals surface area contributed by atoms with Gasteiger partial charge in [0.15, 0.2) is 0 Å². The van der Waals surface area contributed by atoms with Crippen LogP contribution in [0, 0.1) is 0 Å². The van der Waals surface area contributed by atoms with Crippen molar-refractivity contribution in [2.45, 2.75) is 12.7 Å². The van der Waals surface area contributed by atoms with E-state index in [0.717, 1.165) is 10.1 Å². The van der Waals surface area contributed by atoms with Gasteiger partial charge in [-0.25, -0.2) is 9.50 Å². The first-order valence-electron chi connectivity index (χ1n) is 4.44. The topological polar surface area (TPSA) is 55.1 Å². The first-order chi connectivity index (χ1) is 7.50. The first kappa shape index (κ1) is 10.8. The van der Waals surface area contributed by atoms with E-state index in [1.807, 2.05) is 0 Å². The van der Waals surface area contributed by atoms with E-state index in [9.17, 15) is 13.2 Å². The summed E-state index contributed by atoms with van der Waals surface area (Å²) >= 11 is 0. The van der Waals surface area contributed by atoms with Gasteiger partial charge in [-0.15, -0.1) is 5.10 Å². The van der Waals surface area contributed by atoms with Gasteiger partial charge in [0.05, 0.1) is 0 Å². The quantitative estimate of drug-likeness (QED) is 0.832. The zero-order valence-electron chi connectivity index (χ0n) is 8.28. The smallest absolute Gasteiger partial charge is 0.316 e. The third-order valence-corrected chi connectivity index (χ3v) is 1.88. The Morgan fingerprint density at radius 3 is 2.81 bits per heavy atom. The van der Waals surface area contributed by atoms with Crippen LogP contribution in [0.15, 0.2) is 12.4 Å². The summed E-state index contributed by atoms with van der Waals surface area (Å²) in [4.78, 5) is 7.06. The van der Waals surface area contributed by atoms with Crippen LogP contribution in [-0.4, -0.2) is 26.6 Å². The van der Waals surface area contributed by atoms with Crippen molar-refractivity contribution in [3.05, 3.63) is 23.8 Å². The van der Waals surface area contributed by atoms with Crippen molar-refractivity contribution in [3.8, 4) is 0 Å². The molecule has 0 amide bonds. The molecule has 0 saturated carbocycles. The molecule has 0 aliphatic rings. The standard InChI is InChI=1S/C8H8F3N5/c1-12-2-5-3-13-7-14-6(8(9,10)11)15-16(7)4-5/h3-4,12H,2H2,1H3. The number of rotatable bonds is 2. The van der Waals surface area contributed by atoms with E-state index < -0.39 is 12.0 Å². The molecule has 0 aliphatic heterocycles. The molecule has 8 heteroatoms. The number of fused-ring (bicyclic) bond motifs is 1. The zero-order valence-corrected chi connectivity index (χ0v) is 8.28. The van der Waals surface area contributed by atoms with Gasteiger partial charge < -0.3 is 5.32 Å². The highest BCUT2D eigenvalue weighted by Crippen LogP contribution is 2.26. The summed E-state index contributed by atoms with van der Waals surface area (Å²) in [5.41, 5.74) is 0.730.